The Morgan fingerprint density at radius 2 is 1.45 bits per heavy atom. The Labute approximate surface area is 253 Å². The minimum atomic E-state index is -1.07. The van der Waals surface area contributed by atoms with E-state index in [1.165, 1.54) is 0 Å². The lowest BCUT2D eigenvalue weighted by molar-refractivity contribution is -0.132. The van der Waals surface area contributed by atoms with Crippen LogP contribution >= 0.6 is 0 Å². The van der Waals surface area contributed by atoms with Crippen LogP contribution in [0.15, 0.2) is 78.9 Å². The summed E-state index contributed by atoms with van der Waals surface area (Å²) in [5, 5.41) is 12.6. The SMILES string of the molecule is O=CCNC(=O)[C@@H]1Cc2ccc(cc2)OCC(=O)NCC(=O)N[C@H](Cc2ccc(-c3ccccc3)cc2)C(=O)NCC(=O)N1. The predicted molar refractivity (Wildman–Crippen MR) is 160 cm³/mol. The molecule has 0 spiro atoms. The van der Waals surface area contributed by atoms with Crippen LogP contribution in [0, 0.1) is 0 Å². The quantitative estimate of drug-likeness (QED) is 0.197. The van der Waals surface area contributed by atoms with Crippen molar-refractivity contribution in [2.24, 2.45) is 0 Å². The largest absolute Gasteiger partial charge is 0.484 e. The van der Waals surface area contributed by atoms with Crippen molar-refractivity contribution in [3.05, 3.63) is 90.0 Å². The van der Waals surface area contributed by atoms with Gasteiger partial charge in [-0.1, -0.05) is 66.7 Å². The normalized spacial score (nSPS) is 18.2. The molecular formula is C32H33N5O7. The lowest BCUT2D eigenvalue weighted by Gasteiger charge is -2.20. The van der Waals surface area contributed by atoms with Crippen molar-refractivity contribution >= 4 is 35.8 Å². The molecule has 12 heteroatoms. The third kappa shape index (κ3) is 9.51. The first-order valence-electron chi connectivity index (χ1n) is 14.0. The molecule has 44 heavy (non-hydrogen) atoms. The maximum atomic E-state index is 13.2. The minimum Gasteiger partial charge on any atom is -0.484 e. The maximum absolute atomic E-state index is 13.2. The van der Waals surface area contributed by atoms with Gasteiger partial charge in [0.1, 0.15) is 24.1 Å². The molecule has 0 aliphatic carbocycles. The number of carbonyl (C=O) groups is 6. The van der Waals surface area contributed by atoms with E-state index in [9.17, 15) is 28.8 Å². The van der Waals surface area contributed by atoms with Gasteiger partial charge in [0.2, 0.25) is 23.6 Å². The second-order valence-corrected chi connectivity index (χ2v) is 10.1. The van der Waals surface area contributed by atoms with E-state index in [1.807, 2.05) is 54.6 Å². The Kier molecular flexibility index (Phi) is 11.2. The molecule has 12 nitrogen and oxygen atoms in total. The van der Waals surface area contributed by atoms with Crippen LogP contribution < -0.4 is 31.3 Å². The topological polar surface area (TPSA) is 172 Å². The predicted octanol–water partition coefficient (Wildman–Crippen LogP) is 0.0483. The van der Waals surface area contributed by atoms with E-state index in [0.29, 0.717) is 17.6 Å². The van der Waals surface area contributed by atoms with Gasteiger partial charge in [-0.15, -0.1) is 0 Å². The number of carbonyl (C=O) groups excluding carboxylic acids is 6. The summed E-state index contributed by atoms with van der Waals surface area (Å²) < 4.78 is 5.48. The third-order valence-electron chi connectivity index (χ3n) is 6.77. The van der Waals surface area contributed by atoms with Crippen LogP contribution in [0.3, 0.4) is 0 Å². The molecule has 2 aliphatic heterocycles. The zero-order chi connectivity index (χ0) is 31.3. The molecule has 0 unspecified atom stereocenters. The number of rotatable bonds is 6. The van der Waals surface area contributed by atoms with Gasteiger partial charge in [0.15, 0.2) is 6.61 Å². The van der Waals surface area contributed by atoms with Gasteiger partial charge in [-0.05, 0) is 34.4 Å². The fraction of sp³-hybridized carbons (Fsp3) is 0.250. The molecule has 3 aromatic carbocycles. The van der Waals surface area contributed by atoms with Crippen molar-refractivity contribution in [2.45, 2.75) is 24.9 Å². The lowest BCUT2D eigenvalue weighted by atomic mass is 10.00. The molecule has 5 rings (SSSR count). The van der Waals surface area contributed by atoms with Crippen LogP contribution in [0.5, 0.6) is 5.75 Å². The number of hydrogen-bond acceptors (Lipinski definition) is 7. The molecule has 2 aliphatic rings. The number of hydrogen-bond donors (Lipinski definition) is 5. The smallest absolute Gasteiger partial charge is 0.258 e. The number of amides is 5. The Morgan fingerprint density at radius 1 is 0.795 bits per heavy atom. The number of benzene rings is 3. The van der Waals surface area contributed by atoms with Crippen molar-refractivity contribution in [3.63, 3.8) is 0 Å². The summed E-state index contributed by atoms with van der Waals surface area (Å²) in [4.78, 5) is 74.5. The monoisotopic (exact) mass is 599 g/mol. The summed E-state index contributed by atoms with van der Waals surface area (Å²) in [7, 11) is 0. The van der Waals surface area contributed by atoms with E-state index in [0.717, 1.165) is 16.7 Å². The summed E-state index contributed by atoms with van der Waals surface area (Å²) in [5.41, 5.74) is 3.43. The van der Waals surface area contributed by atoms with Crippen molar-refractivity contribution in [1.29, 1.82) is 0 Å². The molecule has 0 aromatic heterocycles. The van der Waals surface area contributed by atoms with Gasteiger partial charge in [0.25, 0.3) is 5.91 Å². The first-order chi connectivity index (χ1) is 21.3. The zero-order valence-corrected chi connectivity index (χ0v) is 23.8. The lowest BCUT2D eigenvalue weighted by Crippen LogP contribution is -2.54. The molecule has 5 N–H and O–H groups in total. The summed E-state index contributed by atoms with van der Waals surface area (Å²) in [6.45, 7) is -1.45. The van der Waals surface area contributed by atoms with E-state index < -0.39 is 54.7 Å². The van der Waals surface area contributed by atoms with Crippen molar-refractivity contribution in [2.75, 3.05) is 26.2 Å². The number of ether oxygens (including phenoxy) is 1. The van der Waals surface area contributed by atoms with Gasteiger partial charge in [0, 0.05) is 12.8 Å². The Balaban J connectivity index is 1.51. The average molecular weight is 600 g/mol. The maximum Gasteiger partial charge on any atom is 0.258 e. The molecule has 5 amide bonds. The fourth-order valence-corrected chi connectivity index (χ4v) is 4.50. The van der Waals surface area contributed by atoms with Crippen LogP contribution in [0.2, 0.25) is 0 Å². The number of aldehydes is 1. The third-order valence-corrected chi connectivity index (χ3v) is 6.77. The van der Waals surface area contributed by atoms with E-state index >= 15 is 0 Å². The molecule has 0 saturated carbocycles. The van der Waals surface area contributed by atoms with E-state index in [2.05, 4.69) is 26.6 Å². The Morgan fingerprint density at radius 3 is 2.16 bits per heavy atom. The molecule has 228 valence electrons. The highest BCUT2D eigenvalue weighted by Crippen LogP contribution is 2.20. The van der Waals surface area contributed by atoms with Crippen LogP contribution in [0.25, 0.3) is 11.1 Å². The molecule has 0 fully saturated rings. The average Bonchev–Trinajstić information content (AvgIpc) is 3.04. The minimum absolute atomic E-state index is 0.0861. The molecule has 3 aromatic rings. The van der Waals surface area contributed by atoms with Gasteiger partial charge in [-0.2, -0.15) is 0 Å². The fourth-order valence-electron chi connectivity index (χ4n) is 4.50. The summed E-state index contributed by atoms with van der Waals surface area (Å²) in [5.74, 6) is -2.63. The molecule has 0 saturated heterocycles. The first-order valence-corrected chi connectivity index (χ1v) is 14.0. The Bertz CT molecular complexity index is 1480. The van der Waals surface area contributed by atoms with E-state index in [4.69, 9.17) is 4.74 Å². The second-order valence-electron chi connectivity index (χ2n) is 10.1. The standard InChI is InChI=1S/C32H33N5O7/c38-15-14-33-31(42)26-17-22-8-12-25(13-9-22)44-20-30(41)34-18-28(39)37-27(32(43)35-19-29(40)36-26)16-21-6-10-24(11-7-21)23-4-2-1-3-5-23/h1-13,15,26-27H,14,16-20H2,(H,33,42)(H,34,41)(H,35,43)(H,36,40)(H,37,39)/t26-,27+/m0/s1. The van der Waals surface area contributed by atoms with Gasteiger partial charge in [-0.25, -0.2) is 0 Å². The zero-order valence-electron chi connectivity index (χ0n) is 23.8. The van der Waals surface area contributed by atoms with E-state index in [-0.39, 0.29) is 26.0 Å². The number of nitrogens with one attached hydrogen (secondary N) is 5. The summed E-state index contributed by atoms with van der Waals surface area (Å²) in [6.07, 6.45) is 0.717. The first kappa shape index (κ1) is 31.4. The molecular weight excluding hydrogens is 566 g/mol. The van der Waals surface area contributed by atoms with Gasteiger partial charge in [-0.3, -0.25) is 24.0 Å². The highest BCUT2D eigenvalue weighted by molar-refractivity contribution is 5.94. The summed E-state index contributed by atoms with van der Waals surface area (Å²) >= 11 is 0. The highest BCUT2D eigenvalue weighted by atomic mass is 16.5. The molecule has 2 bridgehead atoms. The van der Waals surface area contributed by atoms with Gasteiger partial charge in [0.05, 0.1) is 19.6 Å². The van der Waals surface area contributed by atoms with Crippen LogP contribution in [0.4, 0.5) is 0 Å². The van der Waals surface area contributed by atoms with Crippen molar-refractivity contribution in [1.82, 2.24) is 26.6 Å². The summed E-state index contributed by atoms with van der Waals surface area (Å²) in [6, 6.07) is 21.7. The van der Waals surface area contributed by atoms with Crippen LogP contribution in [-0.2, 0) is 41.6 Å². The van der Waals surface area contributed by atoms with E-state index in [1.54, 1.807) is 24.3 Å². The van der Waals surface area contributed by atoms with Crippen LogP contribution in [0.1, 0.15) is 11.1 Å². The van der Waals surface area contributed by atoms with Crippen LogP contribution in [-0.4, -0.2) is 74.1 Å². The van der Waals surface area contributed by atoms with Gasteiger partial charge >= 0.3 is 0 Å². The molecule has 2 heterocycles. The van der Waals surface area contributed by atoms with Crippen molar-refractivity contribution < 1.29 is 33.5 Å². The second kappa shape index (κ2) is 15.6. The number of fused-ring (bicyclic) bond motifs is 16. The molecule has 0 radical (unpaired) electrons. The highest BCUT2D eigenvalue weighted by Gasteiger charge is 2.25. The van der Waals surface area contributed by atoms with Gasteiger partial charge < -0.3 is 36.1 Å². The van der Waals surface area contributed by atoms with Crippen molar-refractivity contribution in [3.8, 4) is 16.9 Å². The Hall–Kier alpha value is -5.52. The molecule has 2 atom stereocenters.